The standard InChI is InChI=1S/C88H56B2S2/c1-5-29-61-57(21-1)25-17-41-65(61)73-45-49-81(77-37-13-9-33-69(73)77)89(82-50-46-74(70-34-10-14-38-78(70)82)66-42-18-26-58-22-2-6-30-62(58)66)87-55-53-85(91-87)86-54-56-88(92-86)90(83-51-47-75(71-35-11-15-39-79(71)83)67-43-19-27-59-23-3-7-31-63(59)67)84-52-48-76(72-36-12-16-40-80(72)84)68-44-20-28-60-24-4-8-32-64(60)68/h1-56H. The van der Waals surface area contributed by atoms with Gasteiger partial charge in [0.25, 0.3) is 13.4 Å². The van der Waals surface area contributed by atoms with Gasteiger partial charge in [0, 0.05) is 9.75 Å². The molecule has 0 unspecified atom stereocenters. The number of rotatable bonds is 11. The van der Waals surface area contributed by atoms with Crippen LogP contribution in [-0.4, -0.2) is 13.4 Å². The summed E-state index contributed by atoms with van der Waals surface area (Å²) in [5.41, 5.74) is 15.2. The average molecular weight is 1200 g/mol. The summed E-state index contributed by atoms with van der Waals surface area (Å²) in [5, 5.41) is 20.1. The minimum absolute atomic E-state index is 0.0860. The van der Waals surface area contributed by atoms with E-state index < -0.39 is 0 Å². The summed E-state index contributed by atoms with van der Waals surface area (Å²) in [6.07, 6.45) is 0. The zero-order chi connectivity index (χ0) is 60.6. The van der Waals surface area contributed by atoms with E-state index in [0.717, 1.165) is 0 Å². The smallest absolute Gasteiger partial charge is 0.148 e. The van der Waals surface area contributed by atoms with Crippen LogP contribution >= 0.6 is 22.7 Å². The lowest BCUT2D eigenvalue weighted by atomic mass is 9.38. The summed E-state index contributed by atoms with van der Waals surface area (Å²) in [7, 11) is 0. The van der Waals surface area contributed by atoms with Gasteiger partial charge in [0.05, 0.1) is 0 Å². The highest BCUT2D eigenvalue weighted by Crippen LogP contribution is 2.40. The molecule has 426 valence electrons. The summed E-state index contributed by atoms with van der Waals surface area (Å²) in [5.74, 6) is 0. The third-order valence-corrected chi connectivity index (χ3v) is 22.0. The van der Waals surface area contributed by atoms with E-state index in [1.165, 1.54) is 172 Å². The Labute approximate surface area is 543 Å². The lowest BCUT2D eigenvalue weighted by molar-refractivity contribution is 1.69. The molecular weight excluding hydrogens is 1140 g/mol. The van der Waals surface area contributed by atoms with Crippen molar-refractivity contribution in [2.24, 2.45) is 0 Å². The predicted molar refractivity (Wildman–Crippen MR) is 405 cm³/mol. The first-order valence-electron chi connectivity index (χ1n) is 31.9. The van der Waals surface area contributed by atoms with Gasteiger partial charge in [-0.3, -0.25) is 0 Å². The van der Waals surface area contributed by atoms with E-state index in [4.69, 9.17) is 0 Å². The van der Waals surface area contributed by atoms with Crippen molar-refractivity contribution < 1.29 is 0 Å². The van der Waals surface area contributed by atoms with Crippen LogP contribution < -0.4 is 31.4 Å². The molecule has 0 spiro atoms. The van der Waals surface area contributed by atoms with E-state index in [1.807, 2.05) is 22.7 Å². The number of thiophene rings is 2. The molecule has 0 amide bonds. The second-order valence-corrected chi connectivity index (χ2v) is 26.6. The van der Waals surface area contributed by atoms with E-state index in [0.29, 0.717) is 0 Å². The topological polar surface area (TPSA) is 0 Å². The Morgan fingerprint density at radius 1 is 0.152 bits per heavy atom. The Hall–Kier alpha value is -10.9. The molecule has 2 aromatic heterocycles. The minimum atomic E-state index is -0.0860. The van der Waals surface area contributed by atoms with E-state index in [-0.39, 0.29) is 13.4 Å². The maximum absolute atomic E-state index is 2.44. The molecular formula is C88H56B2S2. The molecule has 0 aliphatic carbocycles. The van der Waals surface area contributed by atoms with Crippen LogP contribution in [0.2, 0.25) is 0 Å². The fraction of sp³-hybridized carbons (Fsp3) is 0. The monoisotopic (exact) mass is 1200 g/mol. The highest BCUT2D eigenvalue weighted by atomic mass is 32.1. The molecule has 2 heterocycles. The normalized spacial score (nSPS) is 11.7. The molecule has 92 heavy (non-hydrogen) atoms. The van der Waals surface area contributed by atoms with Crippen LogP contribution in [0, 0.1) is 0 Å². The van der Waals surface area contributed by atoms with Crippen molar-refractivity contribution in [2.75, 3.05) is 0 Å². The summed E-state index contributed by atoms with van der Waals surface area (Å²) in [6.45, 7) is -0.172. The van der Waals surface area contributed by atoms with Gasteiger partial charge in [-0.2, -0.15) is 0 Å². The second-order valence-electron chi connectivity index (χ2n) is 24.4. The third kappa shape index (κ3) is 9.04. The third-order valence-electron chi connectivity index (χ3n) is 19.5. The van der Waals surface area contributed by atoms with E-state index in [9.17, 15) is 0 Å². The molecule has 0 bridgehead atoms. The Morgan fingerprint density at radius 2 is 0.359 bits per heavy atom. The molecule has 0 nitrogen and oxygen atoms in total. The van der Waals surface area contributed by atoms with Crippen LogP contribution in [0.15, 0.2) is 340 Å². The van der Waals surface area contributed by atoms with Crippen molar-refractivity contribution in [1.29, 1.82) is 0 Å². The van der Waals surface area contributed by atoms with Gasteiger partial charge in [0.2, 0.25) is 0 Å². The molecule has 0 saturated carbocycles. The fourth-order valence-corrected chi connectivity index (χ4v) is 17.7. The van der Waals surface area contributed by atoms with Crippen LogP contribution in [0.25, 0.3) is 140 Å². The van der Waals surface area contributed by atoms with Crippen LogP contribution in [0.4, 0.5) is 0 Å². The zero-order valence-electron chi connectivity index (χ0n) is 50.3. The quantitative estimate of drug-likeness (QED) is 0.113. The fourth-order valence-electron chi connectivity index (χ4n) is 15.3. The van der Waals surface area contributed by atoms with Crippen molar-refractivity contribution in [2.45, 2.75) is 0 Å². The summed E-state index contributed by atoms with van der Waals surface area (Å²) in [4.78, 5) is 2.53. The Kier molecular flexibility index (Phi) is 13.3. The predicted octanol–water partition coefficient (Wildman–Crippen LogP) is 20.4. The Morgan fingerprint density at radius 3 is 0.620 bits per heavy atom. The van der Waals surface area contributed by atoms with Crippen molar-refractivity contribution in [3.8, 4) is 54.3 Å². The number of fused-ring (bicyclic) bond motifs is 8. The SMILES string of the molecule is c1ccc2c(-c3ccc(B(c4ccc(-c5ccc(B(c6ccc(-c7cccc8ccccc78)c7ccccc67)c6ccc(-c7cccc8ccccc78)c7ccccc67)s5)s4)c4ccc(-c5cccc6ccccc56)c5ccccc45)c4ccccc34)cccc2c1. The molecule has 0 saturated heterocycles. The van der Waals surface area contributed by atoms with Crippen LogP contribution in [0.1, 0.15) is 0 Å². The molecule has 18 aromatic rings. The highest BCUT2D eigenvalue weighted by Gasteiger charge is 2.32. The first-order chi connectivity index (χ1) is 45.7. The maximum Gasteiger partial charge on any atom is 0.255 e. The van der Waals surface area contributed by atoms with Gasteiger partial charge in [-0.05, 0) is 152 Å². The van der Waals surface area contributed by atoms with Crippen LogP contribution in [0.5, 0.6) is 0 Å². The summed E-state index contributed by atoms with van der Waals surface area (Å²) in [6, 6.07) is 128. The van der Waals surface area contributed by atoms with E-state index >= 15 is 0 Å². The molecule has 0 radical (unpaired) electrons. The molecule has 0 atom stereocenters. The maximum atomic E-state index is 2.44. The minimum Gasteiger partial charge on any atom is -0.148 e. The Bertz CT molecular complexity index is 5240. The summed E-state index contributed by atoms with van der Waals surface area (Å²) < 4.78 is 2.62. The van der Waals surface area contributed by atoms with Crippen molar-refractivity contribution in [3.05, 3.63) is 340 Å². The number of hydrogen-bond donors (Lipinski definition) is 0. The van der Waals surface area contributed by atoms with Gasteiger partial charge in [0.1, 0.15) is 0 Å². The molecule has 0 N–H and O–H groups in total. The molecule has 0 aliphatic rings. The van der Waals surface area contributed by atoms with Crippen LogP contribution in [-0.2, 0) is 0 Å². The van der Waals surface area contributed by atoms with Crippen molar-refractivity contribution >= 4 is 154 Å². The lowest BCUT2D eigenvalue weighted by Gasteiger charge is -2.21. The van der Waals surface area contributed by atoms with Gasteiger partial charge in [-0.25, -0.2) is 0 Å². The molecule has 18 rings (SSSR count). The number of benzene rings is 16. The summed E-state index contributed by atoms with van der Waals surface area (Å²) >= 11 is 3.88. The average Bonchev–Trinajstić information content (AvgIpc) is 1.15. The largest absolute Gasteiger partial charge is 0.255 e. The van der Waals surface area contributed by atoms with E-state index in [2.05, 4.69) is 340 Å². The van der Waals surface area contributed by atoms with Crippen molar-refractivity contribution in [3.63, 3.8) is 0 Å². The molecule has 0 fully saturated rings. The van der Waals surface area contributed by atoms with Gasteiger partial charge in [0.15, 0.2) is 0 Å². The first-order valence-corrected chi connectivity index (χ1v) is 33.5. The van der Waals surface area contributed by atoms with Gasteiger partial charge >= 0.3 is 0 Å². The molecule has 16 aromatic carbocycles. The van der Waals surface area contributed by atoms with E-state index in [1.54, 1.807) is 0 Å². The van der Waals surface area contributed by atoms with Gasteiger partial charge in [-0.1, -0.05) is 349 Å². The molecule has 4 heteroatoms. The van der Waals surface area contributed by atoms with Crippen molar-refractivity contribution in [1.82, 2.24) is 0 Å². The van der Waals surface area contributed by atoms with Crippen LogP contribution in [0.3, 0.4) is 0 Å². The zero-order valence-corrected chi connectivity index (χ0v) is 51.9. The Balaban J connectivity index is 0.823. The first kappa shape index (κ1) is 54.1. The van der Waals surface area contributed by atoms with Gasteiger partial charge in [-0.15, -0.1) is 22.7 Å². The lowest BCUT2D eigenvalue weighted by Crippen LogP contribution is -2.51. The second kappa shape index (κ2) is 22.6. The van der Waals surface area contributed by atoms with Gasteiger partial charge < -0.3 is 0 Å². The molecule has 0 aliphatic heterocycles. The highest BCUT2D eigenvalue weighted by molar-refractivity contribution is 7.34. The number of hydrogen-bond acceptors (Lipinski definition) is 2.